The first-order valence-electron chi connectivity index (χ1n) is 7.79. The second-order valence-corrected chi connectivity index (χ2v) is 6.39. The van der Waals surface area contributed by atoms with E-state index in [2.05, 4.69) is 16.0 Å². The van der Waals surface area contributed by atoms with Crippen LogP contribution in [-0.2, 0) is 24.0 Å². The highest BCUT2D eigenvalue weighted by molar-refractivity contribution is 7.98. The zero-order valence-electron chi connectivity index (χ0n) is 14.6. The van der Waals surface area contributed by atoms with Crippen LogP contribution in [0.25, 0.3) is 0 Å². The van der Waals surface area contributed by atoms with Crippen LogP contribution in [0.4, 0.5) is 0 Å². The maximum Gasteiger partial charge on any atom is 0.326 e. The summed E-state index contributed by atoms with van der Waals surface area (Å²) < 4.78 is 0. The number of carboxylic acid groups (broad SMARTS) is 2. The van der Waals surface area contributed by atoms with Crippen molar-refractivity contribution in [2.75, 3.05) is 25.2 Å². The van der Waals surface area contributed by atoms with Gasteiger partial charge in [-0.05, 0) is 18.4 Å². The lowest BCUT2D eigenvalue weighted by atomic mass is 10.2. The lowest BCUT2D eigenvalue weighted by Gasteiger charge is -2.20. The van der Waals surface area contributed by atoms with Gasteiger partial charge in [0.1, 0.15) is 12.1 Å². The Morgan fingerprint density at radius 3 is 2.15 bits per heavy atom. The summed E-state index contributed by atoms with van der Waals surface area (Å²) in [6, 6.07) is -3.94. The predicted molar refractivity (Wildman–Crippen MR) is 94.8 cm³/mol. The molecule has 0 aliphatic heterocycles. The maximum absolute atomic E-state index is 12.0. The van der Waals surface area contributed by atoms with Crippen molar-refractivity contribution in [1.82, 2.24) is 16.0 Å². The second-order valence-electron chi connectivity index (χ2n) is 5.41. The summed E-state index contributed by atoms with van der Waals surface area (Å²) in [5.41, 5.74) is 5.32. The highest BCUT2D eigenvalue weighted by atomic mass is 32.2. The van der Waals surface area contributed by atoms with Crippen LogP contribution >= 0.6 is 11.8 Å². The van der Waals surface area contributed by atoms with Gasteiger partial charge in [0.2, 0.25) is 17.7 Å². The SMILES string of the molecule is CSCCC(NC(=O)C(CO)NC(=O)CNC(=O)C(N)CC(=O)O)C(=O)O. The molecular formula is C14H24N4O8S. The highest BCUT2D eigenvalue weighted by Crippen LogP contribution is 2.01. The molecule has 8 N–H and O–H groups in total. The molecule has 0 aromatic carbocycles. The zero-order valence-corrected chi connectivity index (χ0v) is 15.5. The van der Waals surface area contributed by atoms with Gasteiger partial charge in [-0.15, -0.1) is 0 Å². The molecule has 3 atom stereocenters. The number of nitrogens with one attached hydrogen (secondary N) is 3. The summed E-state index contributed by atoms with van der Waals surface area (Å²) in [5.74, 6) is -4.67. The molecule has 27 heavy (non-hydrogen) atoms. The first-order chi connectivity index (χ1) is 12.6. The minimum absolute atomic E-state index is 0.159. The summed E-state index contributed by atoms with van der Waals surface area (Å²) in [5, 5.41) is 33.3. The van der Waals surface area contributed by atoms with Crippen LogP contribution in [0.1, 0.15) is 12.8 Å². The molecule has 0 rings (SSSR count). The van der Waals surface area contributed by atoms with E-state index in [9.17, 15) is 29.1 Å². The normalized spacial score (nSPS) is 13.7. The van der Waals surface area contributed by atoms with Crippen molar-refractivity contribution in [3.05, 3.63) is 0 Å². The molecule has 0 fully saturated rings. The molecule has 3 unspecified atom stereocenters. The van der Waals surface area contributed by atoms with E-state index in [1.54, 1.807) is 6.26 Å². The maximum atomic E-state index is 12.0. The lowest BCUT2D eigenvalue weighted by molar-refractivity contribution is -0.142. The summed E-state index contributed by atoms with van der Waals surface area (Å²) in [6.45, 7) is -1.40. The number of hydrogen-bond donors (Lipinski definition) is 7. The molecule has 0 heterocycles. The molecule has 3 amide bonds. The molecule has 0 aromatic rings. The van der Waals surface area contributed by atoms with Gasteiger partial charge < -0.3 is 37.0 Å². The van der Waals surface area contributed by atoms with Gasteiger partial charge in [0.25, 0.3) is 0 Å². The van der Waals surface area contributed by atoms with E-state index in [4.69, 9.17) is 15.9 Å². The number of aliphatic hydroxyl groups excluding tert-OH is 1. The number of aliphatic hydroxyl groups is 1. The van der Waals surface area contributed by atoms with Crippen molar-refractivity contribution < 1.29 is 39.3 Å². The van der Waals surface area contributed by atoms with E-state index in [-0.39, 0.29) is 6.42 Å². The average Bonchev–Trinajstić information content (AvgIpc) is 2.59. The Morgan fingerprint density at radius 1 is 1.04 bits per heavy atom. The van der Waals surface area contributed by atoms with Crippen LogP contribution in [0, 0.1) is 0 Å². The second kappa shape index (κ2) is 12.9. The van der Waals surface area contributed by atoms with E-state index in [0.29, 0.717) is 5.75 Å². The minimum atomic E-state index is -1.42. The number of hydrogen-bond acceptors (Lipinski definition) is 8. The number of carboxylic acids is 2. The fourth-order valence-electron chi connectivity index (χ4n) is 1.78. The first kappa shape index (κ1) is 24.6. The van der Waals surface area contributed by atoms with Crippen LogP contribution in [0.2, 0.25) is 0 Å². The summed E-state index contributed by atoms with van der Waals surface area (Å²) >= 11 is 1.39. The number of carbonyl (C=O) groups is 5. The molecular weight excluding hydrogens is 384 g/mol. The molecule has 0 saturated heterocycles. The minimum Gasteiger partial charge on any atom is -0.481 e. The summed E-state index contributed by atoms with van der Waals surface area (Å²) in [7, 11) is 0. The van der Waals surface area contributed by atoms with Gasteiger partial charge >= 0.3 is 11.9 Å². The Hall–Kier alpha value is -2.38. The van der Waals surface area contributed by atoms with Crippen molar-refractivity contribution in [1.29, 1.82) is 0 Å². The molecule has 13 heteroatoms. The van der Waals surface area contributed by atoms with E-state index >= 15 is 0 Å². The standard InChI is InChI=1S/C14H24N4O8S/c1-27-3-2-8(14(25)26)18-13(24)9(6-19)17-10(20)5-16-12(23)7(15)4-11(21)22/h7-9,19H,2-6,15H2,1H3,(H,16,23)(H,17,20)(H,18,24)(H,21,22)(H,25,26). The van der Waals surface area contributed by atoms with Crippen molar-refractivity contribution in [2.24, 2.45) is 5.73 Å². The summed E-state index contributed by atoms with van der Waals surface area (Å²) in [4.78, 5) is 56.9. The molecule has 0 aliphatic carbocycles. The molecule has 0 bridgehead atoms. The molecule has 0 spiro atoms. The van der Waals surface area contributed by atoms with Gasteiger partial charge in [-0.25, -0.2) is 4.79 Å². The molecule has 12 nitrogen and oxygen atoms in total. The van der Waals surface area contributed by atoms with E-state index in [1.165, 1.54) is 11.8 Å². The van der Waals surface area contributed by atoms with Crippen molar-refractivity contribution >= 4 is 41.4 Å². The van der Waals surface area contributed by atoms with Gasteiger partial charge in [-0.1, -0.05) is 0 Å². The number of amides is 3. The molecule has 0 radical (unpaired) electrons. The monoisotopic (exact) mass is 408 g/mol. The van der Waals surface area contributed by atoms with Crippen LogP contribution < -0.4 is 21.7 Å². The fraction of sp³-hybridized carbons (Fsp3) is 0.643. The molecule has 0 aliphatic rings. The van der Waals surface area contributed by atoms with Gasteiger partial charge in [-0.2, -0.15) is 11.8 Å². The topological polar surface area (TPSA) is 208 Å². The Kier molecular flexibility index (Phi) is 11.8. The average molecular weight is 408 g/mol. The lowest BCUT2D eigenvalue weighted by Crippen LogP contribution is -2.55. The number of aliphatic carboxylic acids is 2. The van der Waals surface area contributed by atoms with Gasteiger partial charge in [0.15, 0.2) is 0 Å². The first-order valence-corrected chi connectivity index (χ1v) is 9.19. The van der Waals surface area contributed by atoms with Crippen LogP contribution in [0.15, 0.2) is 0 Å². The van der Waals surface area contributed by atoms with Crippen molar-refractivity contribution in [3.63, 3.8) is 0 Å². The largest absolute Gasteiger partial charge is 0.481 e. The third kappa shape index (κ3) is 10.4. The van der Waals surface area contributed by atoms with Gasteiger partial charge in [0.05, 0.1) is 25.6 Å². The van der Waals surface area contributed by atoms with E-state index in [1.807, 2.05) is 0 Å². The predicted octanol–water partition coefficient (Wildman–Crippen LogP) is -3.30. The van der Waals surface area contributed by atoms with Crippen LogP contribution in [0.5, 0.6) is 0 Å². The highest BCUT2D eigenvalue weighted by Gasteiger charge is 2.26. The molecule has 0 aromatic heterocycles. The Morgan fingerprint density at radius 2 is 1.67 bits per heavy atom. The van der Waals surface area contributed by atoms with Gasteiger partial charge in [-0.3, -0.25) is 19.2 Å². The van der Waals surface area contributed by atoms with Crippen molar-refractivity contribution in [2.45, 2.75) is 31.0 Å². The number of nitrogens with two attached hydrogens (primary N) is 1. The molecule has 0 saturated carbocycles. The van der Waals surface area contributed by atoms with Crippen LogP contribution in [-0.4, -0.2) is 88.3 Å². The van der Waals surface area contributed by atoms with Gasteiger partial charge in [0, 0.05) is 0 Å². The van der Waals surface area contributed by atoms with E-state index in [0.717, 1.165) is 0 Å². The Labute approximate surface area is 159 Å². The molecule has 154 valence electrons. The van der Waals surface area contributed by atoms with Crippen molar-refractivity contribution in [3.8, 4) is 0 Å². The fourth-order valence-corrected chi connectivity index (χ4v) is 2.26. The van der Waals surface area contributed by atoms with E-state index < -0.39 is 67.4 Å². The number of carbonyl (C=O) groups excluding carboxylic acids is 3. The Bertz CT molecular complexity index is 559. The van der Waals surface area contributed by atoms with Crippen LogP contribution in [0.3, 0.4) is 0 Å². The third-order valence-corrected chi connectivity index (χ3v) is 3.86. The quantitative estimate of drug-likeness (QED) is 0.161. The zero-order chi connectivity index (χ0) is 21.0. The Balaban J connectivity index is 4.57. The number of rotatable bonds is 13. The summed E-state index contributed by atoms with van der Waals surface area (Å²) in [6.07, 6.45) is 1.31. The smallest absolute Gasteiger partial charge is 0.326 e. The third-order valence-electron chi connectivity index (χ3n) is 3.21. The number of thioether (sulfide) groups is 1.